The molecule has 0 aromatic carbocycles. The minimum Gasteiger partial charge on any atom is -0.0654 e. The Morgan fingerprint density at radius 3 is 2.14 bits per heavy atom. The Balaban J connectivity index is 2.71. The van der Waals surface area contributed by atoms with E-state index >= 15 is 0 Å². The molecule has 0 spiro atoms. The fourth-order valence-corrected chi connectivity index (χ4v) is 3.19. The van der Waals surface area contributed by atoms with E-state index in [1.165, 1.54) is 38.5 Å². The summed E-state index contributed by atoms with van der Waals surface area (Å²) in [7, 11) is 0. The lowest BCUT2D eigenvalue weighted by Gasteiger charge is -2.46. The summed E-state index contributed by atoms with van der Waals surface area (Å²) >= 11 is 0. The Morgan fingerprint density at radius 1 is 1.21 bits per heavy atom. The molecule has 1 aliphatic rings. The quantitative estimate of drug-likeness (QED) is 0.591. The van der Waals surface area contributed by atoms with Gasteiger partial charge in [0.05, 0.1) is 0 Å². The second-order valence-corrected chi connectivity index (χ2v) is 6.18. The van der Waals surface area contributed by atoms with Gasteiger partial charge in [0.15, 0.2) is 0 Å². The highest BCUT2D eigenvalue weighted by Crippen LogP contribution is 2.55. The fourth-order valence-electron chi connectivity index (χ4n) is 3.19. The average Bonchev–Trinajstić information content (AvgIpc) is 2.54. The van der Waals surface area contributed by atoms with Crippen molar-refractivity contribution < 1.29 is 0 Å². The predicted molar refractivity (Wildman–Crippen MR) is 64.4 cm³/mol. The van der Waals surface area contributed by atoms with E-state index in [9.17, 15) is 0 Å². The maximum atomic E-state index is 2.52. The SMILES string of the molecule is CCCC(C)C(C)(C)C1(C)CCCC1. The van der Waals surface area contributed by atoms with Crippen LogP contribution in [0.4, 0.5) is 0 Å². The lowest BCUT2D eigenvalue weighted by molar-refractivity contribution is 0.0322. The van der Waals surface area contributed by atoms with Gasteiger partial charge in [-0.15, -0.1) is 0 Å². The first-order valence-corrected chi connectivity index (χ1v) is 6.44. The van der Waals surface area contributed by atoms with Crippen LogP contribution in [0.3, 0.4) is 0 Å². The normalized spacial score (nSPS) is 23.8. The molecule has 0 aliphatic heterocycles. The zero-order valence-electron chi connectivity index (χ0n) is 10.8. The number of rotatable bonds is 4. The molecule has 0 nitrogen and oxygen atoms in total. The van der Waals surface area contributed by atoms with Gasteiger partial charge in [0.1, 0.15) is 0 Å². The van der Waals surface area contributed by atoms with E-state index in [0.717, 1.165) is 5.92 Å². The van der Waals surface area contributed by atoms with Crippen molar-refractivity contribution in [1.82, 2.24) is 0 Å². The summed E-state index contributed by atoms with van der Waals surface area (Å²) in [6.45, 7) is 12.3. The summed E-state index contributed by atoms with van der Waals surface area (Å²) in [5.41, 5.74) is 1.14. The van der Waals surface area contributed by atoms with Crippen molar-refractivity contribution in [3.05, 3.63) is 0 Å². The van der Waals surface area contributed by atoms with Crippen molar-refractivity contribution in [3.63, 3.8) is 0 Å². The summed E-state index contributed by atoms with van der Waals surface area (Å²) in [6, 6.07) is 0. The van der Waals surface area contributed by atoms with Crippen LogP contribution >= 0.6 is 0 Å². The third kappa shape index (κ3) is 1.99. The van der Waals surface area contributed by atoms with Crippen LogP contribution in [0.2, 0.25) is 0 Å². The molecule has 1 aliphatic carbocycles. The summed E-state index contributed by atoms with van der Waals surface area (Å²) in [4.78, 5) is 0. The Labute approximate surface area is 90.5 Å². The standard InChI is InChI=1S/C14H28/c1-6-9-12(2)13(3,4)14(5)10-7-8-11-14/h12H,6-11H2,1-5H3. The van der Waals surface area contributed by atoms with Crippen LogP contribution in [-0.2, 0) is 0 Å². The Hall–Kier alpha value is 0. The van der Waals surface area contributed by atoms with Crippen molar-refractivity contribution in [2.45, 2.75) is 73.1 Å². The lowest BCUT2D eigenvalue weighted by atomic mass is 9.59. The van der Waals surface area contributed by atoms with Crippen molar-refractivity contribution in [2.75, 3.05) is 0 Å². The first-order valence-electron chi connectivity index (χ1n) is 6.44. The molecule has 0 aromatic heterocycles. The van der Waals surface area contributed by atoms with Gasteiger partial charge in [-0.05, 0) is 29.6 Å². The van der Waals surface area contributed by atoms with E-state index in [4.69, 9.17) is 0 Å². The highest BCUT2D eigenvalue weighted by atomic mass is 14.5. The van der Waals surface area contributed by atoms with Gasteiger partial charge in [-0.25, -0.2) is 0 Å². The molecule has 0 heterocycles. The van der Waals surface area contributed by atoms with Crippen LogP contribution in [0.15, 0.2) is 0 Å². The van der Waals surface area contributed by atoms with Crippen LogP contribution in [0.25, 0.3) is 0 Å². The topological polar surface area (TPSA) is 0 Å². The first kappa shape index (κ1) is 12.1. The first-order chi connectivity index (χ1) is 6.44. The van der Waals surface area contributed by atoms with Gasteiger partial charge in [0.25, 0.3) is 0 Å². The average molecular weight is 196 g/mol. The van der Waals surface area contributed by atoms with Crippen molar-refractivity contribution in [1.29, 1.82) is 0 Å². The third-order valence-electron chi connectivity index (χ3n) is 5.22. The highest BCUT2D eigenvalue weighted by Gasteiger charge is 2.45. The van der Waals surface area contributed by atoms with Gasteiger partial charge in [-0.2, -0.15) is 0 Å². The van der Waals surface area contributed by atoms with E-state index in [2.05, 4.69) is 34.6 Å². The van der Waals surface area contributed by atoms with Gasteiger partial charge in [0, 0.05) is 0 Å². The number of hydrogen-bond donors (Lipinski definition) is 0. The summed E-state index contributed by atoms with van der Waals surface area (Å²) in [5, 5.41) is 0. The molecule has 0 bridgehead atoms. The predicted octanol–water partition coefficient (Wildman–Crippen LogP) is 5.03. The van der Waals surface area contributed by atoms with E-state index in [1.807, 2.05) is 0 Å². The second kappa shape index (κ2) is 4.24. The maximum absolute atomic E-state index is 2.52. The van der Waals surface area contributed by atoms with Gasteiger partial charge >= 0.3 is 0 Å². The molecule has 1 unspecified atom stereocenters. The second-order valence-electron chi connectivity index (χ2n) is 6.18. The van der Waals surface area contributed by atoms with E-state index in [0.29, 0.717) is 10.8 Å². The van der Waals surface area contributed by atoms with Gasteiger partial charge in [-0.1, -0.05) is 60.3 Å². The van der Waals surface area contributed by atoms with Gasteiger partial charge < -0.3 is 0 Å². The smallest absolute Gasteiger partial charge is 0.0272 e. The molecule has 84 valence electrons. The van der Waals surface area contributed by atoms with Crippen molar-refractivity contribution in [2.24, 2.45) is 16.7 Å². The Morgan fingerprint density at radius 2 is 1.71 bits per heavy atom. The zero-order chi connectivity index (χ0) is 10.8. The molecule has 0 amide bonds. The largest absolute Gasteiger partial charge is 0.0654 e. The molecule has 0 heteroatoms. The fraction of sp³-hybridized carbons (Fsp3) is 1.00. The highest BCUT2D eigenvalue weighted by molar-refractivity contribution is 4.95. The molecule has 1 rings (SSSR count). The molecule has 1 atom stereocenters. The molecule has 0 N–H and O–H groups in total. The minimum absolute atomic E-state index is 0.527. The van der Waals surface area contributed by atoms with E-state index in [1.54, 1.807) is 0 Å². The van der Waals surface area contributed by atoms with Crippen molar-refractivity contribution >= 4 is 0 Å². The van der Waals surface area contributed by atoms with Crippen LogP contribution < -0.4 is 0 Å². The molecule has 0 radical (unpaired) electrons. The third-order valence-corrected chi connectivity index (χ3v) is 5.22. The van der Waals surface area contributed by atoms with Crippen molar-refractivity contribution in [3.8, 4) is 0 Å². The molecule has 14 heavy (non-hydrogen) atoms. The molecule has 1 saturated carbocycles. The van der Waals surface area contributed by atoms with Gasteiger partial charge in [0.2, 0.25) is 0 Å². The minimum atomic E-state index is 0.527. The van der Waals surface area contributed by atoms with Crippen LogP contribution in [-0.4, -0.2) is 0 Å². The summed E-state index contributed by atoms with van der Waals surface area (Å²) in [5.74, 6) is 0.871. The lowest BCUT2D eigenvalue weighted by Crippen LogP contribution is -2.38. The van der Waals surface area contributed by atoms with Gasteiger partial charge in [-0.3, -0.25) is 0 Å². The van der Waals surface area contributed by atoms with Crippen LogP contribution in [0, 0.1) is 16.7 Å². The molecule has 0 saturated heterocycles. The molecular weight excluding hydrogens is 168 g/mol. The summed E-state index contributed by atoms with van der Waals surface area (Å²) < 4.78 is 0. The monoisotopic (exact) mass is 196 g/mol. The molecule has 1 fully saturated rings. The van der Waals surface area contributed by atoms with Crippen LogP contribution in [0.5, 0.6) is 0 Å². The Bertz CT molecular complexity index is 172. The molecular formula is C14H28. The number of hydrogen-bond acceptors (Lipinski definition) is 0. The molecule has 0 aromatic rings. The Kier molecular flexibility index (Phi) is 3.66. The van der Waals surface area contributed by atoms with E-state index in [-0.39, 0.29) is 0 Å². The van der Waals surface area contributed by atoms with E-state index < -0.39 is 0 Å². The summed E-state index contributed by atoms with van der Waals surface area (Å²) in [6.07, 6.45) is 8.54. The zero-order valence-corrected chi connectivity index (χ0v) is 10.8. The van der Waals surface area contributed by atoms with Crippen LogP contribution in [0.1, 0.15) is 73.1 Å². The maximum Gasteiger partial charge on any atom is -0.0272 e.